The van der Waals surface area contributed by atoms with E-state index in [4.69, 9.17) is 0 Å². The second-order valence-corrected chi connectivity index (χ2v) is 17.1. The van der Waals surface area contributed by atoms with Crippen molar-refractivity contribution in [2.75, 3.05) is 9.80 Å². The van der Waals surface area contributed by atoms with E-state index in [2.05, 4.69) is 237 Å². The Labute approximate surface area is 374 Å². The van der Waals surface area contributed by atoms with Gasteiger partial charge in [-0.25, -0.2) is 0 Å². The molecule has 4 nitrogen and oxygen atoms in total. The summed E-state index contributed by atoms with van der Waals surface area (Å²) in [4.78, 5) is 4.93. The molecule has 12 rings (SSSR count). The van der Waals surface area contributed by atoms with E-state index in [1.807, 2.05) is 0 Å². The Morgan fingerprint density at radius 3 is 1.31 bits per heavy atom. The number of benzene rings is 7. The van der Waals surface area contributed by atoms with E-state index in [9.17, 15) is 0 Å². The number of anilines is 4. The van der Waals surface area contributed by atoms with E-state index >= 15 is 0 Å². The predicted octanol–water partition coefficient (Wildman–Crippen LogP) is 16.3. The molecule has 0 saturated heterocycles. The maximum atomic E-state index is 2.47. The molecule has 0 radical (unpaired) electrons. The van der Waals surface area contributed by atoms with Crippen molar-refractivity contribution in [2.45, 2.75) is 38.5 Å². The van der Waals surface area contributed by atoms with Gasteiger partial charge in [-0.15, -0.1) is 0 Å². The molecule has 9 aromatic rings. The van der Waals surface area contributed by atoms with Crippen LogP contribution in [0, 0.1) is 0 Å². The van der Waals surface area contributed by atoms with Crippen molar-refractivity contribution in [3.63, 3.8) is 0 Å². The summed E-state index contributed by atoms with van der Waals surface area (Å²) in [5.74, 6) is 0. The van der Waals surface area contributed by atoms with E-state index in [1.165, 1.54) is 100 Å². The van der Waals surface area contributed by atoms with Crippen molar-refractivity contribution in [1.29, 1.82) is 0 Å². The maximum Gasteiger partial charge on any atom is 0.0542 e. The van der Waals surface area contributed by atoms with Crippen molar-refractivity contribution >= 4 is 72.1 Å². The molecule has 0 bridgehead atoms. The van der Waals surface area contributed by atoms with Crippen LogP contribution in [-0.4, -0.2) is 9.13 Å². The fourth-order valence-corrected chi connectivity index (χ4v) is 10.4. The molecule has 3 aliphatic rings. The van der Waals surface area contributed by atoms with E-state index in [-0.39, 0.29) is 0 Å². The molecule has 2 heterocycles. The summed E-state index contributed by atoms with van der Waals surface area (Å²) in [6, 6.07) is 64.1. The molecule has 64 heavy (non-hydrogen) atoms. The highest BCUT2D eigenvalue weighted by molar-refractivity contribution is 6.12. The number of para-hydroxylation sites is 5. The van der Waals surface area contributed by atoms with Crippen molar-refractivity contribution in [2.24, 2.45) is 0 Å². The van der Waals surface area contributed by atoms with E-state index in [1.54, 1.807) is 0 Å². The van der Waals surface area contributed by atoms with E-state index in [0.29, 0.717) is 0 Å². The highest BCUT2D eigenvalue weighted by atomic mass is 15.2. The van der Waals surface area contributed by atoms with Crippen LogP contribution in [0.5, 0.6) is 0 Å². The first kappa shape index (κ1) is 37.9. The first-order chi connectivity index (χ1) is 31.8. The lowest BCUT2D eigenvalue weighted by atomic mass is 9.89. The molecule has 7 aromatic carbocycles. The van der Waals surface area contributed by atoms with Gasteiger partial charge in [-0.3, -0.25) is 0 Å². The third-order valence-corrected chi connectivity index (χ3v) is 13.4. The summed E-state index contributed by atoms with van der Waals surface area (Å²) in [5.41, 5.74) is 17.7. The molecular formula is C60H48N4. The Bertz CT molecular complexity index is 3430. The predicted molar refractivity (Wildman–Crippen MR) is 271 cm³/mol. The molecule has 3 aliphatic carbocycles. The highest BCUT2D eigenvalue weighted by Gasteiger charge is 2.24. The average molecular weight is 825 g/mol. The normalized spacial score (nSPS) is 15.2. The van der Waals surface area contributed by atoms with Gasteiger partial charge < -0.3 is 18.9 Å². The third kappa shape index (κ3) is 6.62. The minimum absolute atomic E-state index is 0.954. The van der Waals surface area contributed by atoms with Crippen LogP contribution < -0.4 is 9.80 Å². The number of fused-ring (bicyclic) bond motifs is 6. The largest absolute Gasteiger partial charge is 0.314 e. The second kappa shape index (κ2) is 16.1. The fraction of sp³-hybridized carbons (Fsp3) is 0.100. The van der Waals surface area contributed by atoms with Crippen molar-refractivity contribution < 1.29 is 0 Å². The number of allylic oxidation sites excluding steroid dienone is 12. The monoisotopic (exact) mass is 824 g/mol. The van der Waals surface area contributed by atoms with Gasteiger partial charge in [0.25, 0.3) is 0 Å². The number of hydrogen-bond acceptors (Lipinski definition) is 2. The maximum absolute atomic E-state index is 2.47. The summed E-state index contributed by atoms with van der Waals surface area (Å²) >= 11 is 0. The zero-order chi connectivity index (χ0) is 42.4. The van der Waals surface area contributed by atoms with E-state index < -0.39 is 0 Å². The molecule has 0 aliphatic heterocycles. The smallest absolute Gasteiger partial charge is 0.0542 e. The topological polar surface area (TPSA) is 16.3 Å². The Morgan fingerprint density at radius 1 is 0.344 bits per heavy atom. The highest BCUT2D eigenvalue weighted by Crippen LogP contribution is 2.43. The van der Waals surface area contributed by atoms with Gasteiger partial charge in [-0.1, -0.05) is 115 Å². The van der Waals surface area contributed by atoms with Gasteiger partial charge in [-0.05, 0) is 153 Å². The summed E-state index contributed by atoms with van der Waals surface area (Å²) in [7, 11) is 0. The SMILES string of the molecule is C1=CCCC(n2c3ccccc3c3cc(N(C4=CC=C(C5=CC=C(N(c6ccccc6)c6ccc7c(c6)c6ccccc6n7-c6ccccc6)CC5)CC4)c4ccccc4)ccc32)=C1. The number of aromatic nitrogens is 2. The molecule has 308 valence electrons. The lowest BCUT2D eigenvalue weighted by molar-refractivity contribution is 0.828. The summed E-state index contributed by atoms with van der Waals surface area (Å²) < 4.78 is 4.86. The van der Waals surface area contributed by atoms with Crippen LogP contribution in [0.4, 0.5) is 22.7 Å². The molecule has 0 spiro atoms. The van der Waals surface area contributed by atoms with Crippen molar-refractivity contribution in [3.05, 3.63) is 241 Å². The summed E-state index contributed by atoms with van der Waals surface area (Å²) in [6.07, 6.45) is 22.3. The van der Waals surface area contributed by atoms with Gasteiger partial charge in [0.05, 0.1) is 22.1 Å². The molecule has 4 heteroatoms. The van der Waals surface area contributed by atoms with Crippen LogP contribution in [0.15, 0.2) is 241 Å². The zero-order valence-electron chi connectivity index (χ0n) is 35.8. The number of hydrogen-bond donors (Lipinski definition) is 0. The minimum atomic E-state index is 0.954. The van der Waals surface area contributed by atoms with E-state index in [0.717, 1.165) is 38.5 Å². The average Bonchev–Trinajstić information content (AvgIpc) is 3.88. The van der Waals surface area contributed by atoms with Crippen LogP contribution in [0.2, 0.25) is 0 Å². The standard InChI is InChI=1S/C60H48N4/c1-5-17-45(18-6-1)61(51-37-39-59-55(41-51)53-25-13-15-27-57(53)63(59)47-21-9-3-10-22-47)49-33-29-43(30-34-49)44-31-35-50(36-32-44)62(46-19-7-2-8-20-46)52-38-40-60-56(42-52)54-26-14-16-28-58(54)64(60)48-23-11-4-12-24-48/h1-11,13-23,25-29,31,33,35,37-42H,12,24,30,32,34,36H2. The molecule has 0 atom stereocenters. The molecule has 2 aromatic heterocycles. The molecule has 0 unspecified atom stereocenters. The van der Waals surface area contributed by atoms with Gasteiger partial charge in [0, 0.05) is 67.1 Å². The fourth-order valence-electron chi connectivity index (χ4n) is 10.4. The number of rotatable bonds is 9. The van der Waals surface area contributed by atoms with Gasteiger partial charge in [-0.2, -0.15) is 0 Å². The Balaban J connectivity index is 0.891. The van der Waals surface area contributed by atoms with Crippen molar-refractivity contribution in [3.8, 4) is 5.69 Å². The van der Waals surface area contributed by atoms with Gasteiger partial charge >= 0.3 is 0 Å². The van der Waals surface area contributed by atoms with Crippen LogP contribution in [0.25, 0.3) is 55.0 Å². The minimum Gasteiger partial charge on any atom is -0.314 e. The Hall–Kier alpha value is -7.82. The molecule has 0 amide bonds. The molecule has 0 fully saturated rings. The molecular weight excluding hydrogens is 777 g/mol. The first-order valence-corrected chi connectivity index (χ1v) is 22.7. The zero-order valence-corrected chi connectivity index (χ0v) is 35.8. The van der Waals surface area contributed by atoms with Crippen LogP contribution in [0.1, 0.15) is 38.5 Å². The lowest BCUT2D eigenvalue weighted by Crippen LogP contribution is -2.19. The quantitative estimate of drug-likeness (QED) is 0.144. The lowest BCUT2D eigenvalue weighted by Gasteiger charge is -2.32. The van der Waals surface area contributed by atoms with Gasteiger partial charge in [0.1, 0.15) is 0 Å². The van der Waals surface area contributed by atoms with Crippen LogP contribution in [-0.2, 0) is 0 Å². The summed E-state index contributed by atoms with van der Waals surface area (Å²) in [6.45, 7) is 0. The Kier molecular flexibility index (Phi) is 9.56. The molecule has 0 saturated carbocycles. The van der Waals surface area contributed by atoms with Crippen molar-refractivity contribution in [1.82, 2.24) is 9.13 Å². The van der Waals surface area contributed by atoms with Gasteiger partial charge in [0.2, 0.25) is 0 Å². The van der Waals surface area contributed by atoms with Gasteiger partial charge in [0.15, 0.2) is 0 Å². The first-order valence-electron chi connectivity index (χ1n) is 22.7. The Morgan fingerprint density at radius 2 is 0.812 bits per heavy atom. The molecule has 0 N–H and O–H groups in total. The second-order valence-electron chi connectivity index (χ2n) is 17.1. The third-order valence-electron chi connectivity index (χ3n) is 13.4. The van der Waals surface area contributed by atoms with Crippen LogP contribution >= 0.6 is 0 Å². The number of nitrogens with zero attached hydrogens (tertiary/aromatic N) is 4. The summed E-state index contributed by atoms with van der Waals surface area (Å²) in [5, 5.41) is 5.10. The van der Waals surface area contributed by atoms with Crippen LogP contribution in [0.3, 0.4) is 0 Å².